The Hall–Kier alpha value is -2.77. The molecule has 0 spiro atoms. The van der Waals surface area contributed by atoms with Crippen LogP contribution >= 0.6 is 0 Å². The molecule has 8 heteroatoms. The number of anilines is 2. The van der Waals surface area contributed by atoms with Crippen LogP contribution in [0.1, 0.15) is 46.0 Å². The van der Waals surface area contributed by atoms with Gasteiger partial charge in [0.15, 0.2) is 0 Å². The molecular weight excluding hydrogens is 358 g/mol. The van der Waals surface area contributed by atoms with E-state index in [0.29, 0.717) is 6.42 Å². The number of benzene rings is 1. The quantitative estimate of drug-likeness (QED) is 0.651. The zero-order chi connectivity index (χ0) is 20.1. The fraction of sp³-hybridized carbons (Fsp3) is 0.550. The van der Waals surface area contributed by atoms with Gasteiger partial charge in [-0.1, -0.05) is 31.9 Å². The maximum atomic E-state index is 12.4. The lowest BCUT2D eigenvalue weighted by atomic mass is 10.00. The fourth-order valence-corrected chi connectivity index (χ4v) is 3.58. The molecule has 2 heterocycles. The van der Waals surface area contributed by atoms with Gasteiger partial charge in [0.2, 0.25) is 0 Å². The van der Waals surface area contributed by atoms with E-state index in [1.807, 2.05) is 25.1 Å². The fourth-order valence-electron chi connectivity index (χ4n) is 3.58. The molecule has 152 valence electrons. The Morgan fingerprint density at radius 3 is 2.46 bits per heavy atom. The number of imide groups is 1. The highest BCUT2D eigenvalue weighted by atomic mass is 16.2. The maximum absolute atomic E-state index is 12.4. The molecule has 28 heavy (non-hydrogen) atoms. The Morgan fingerprint density at radius 1 is 1.14 bits per heavy atom. The number of nitrogens with zero attached hydrogens (tertiary/aromatic N) is 2. The zero-order valence-electron chi connectivity index (χ0n) is 16.6. The first-order valence-electron chi connectivity index (χ1n) is 9.98. The molecule has 2 saturated heterocycles. The van der Waals surface area contributed by atoms with Crippen molar-refractivity contribution < 1.29 is 14.4 Å². The summed E-state index contributed by atoms with van der Waals surface area (Å²) in [7, 11) is 0. The second-order valence-corrected chi connectivity index (χ2v) is 7.56. The molecule has 2 fully saturated rings. The van der Waals surface area contributed by atoms with Crippen molar-refractivity contribution in [2.24, 2.45) is 0 Å². The van der Waals surface area contributed by atoms with E-state index in [9.17, 15) is 14.4 Å². The van der Waals surface area contributed by atoms with Crippen LogP contribution in [0.4, 0.5) is 16.2 Å². The number of urea groups is 1. The summed E-state index contributed by atoms with van der Waals surface area (Å²) in [5.41, 5.74) is 3.37. The maximum Gasteiger partial charge on any atom is 0.344 e. The molecule has 0 saturated carbocycles. The molecule has 0 radical (unpaired) electrons. The number of hydrazine groups is 1. The summed E-state index contributed by atoms with van der Waals surface area (Å²) >= 11 is 0. The summed E-state index contributed by atoms with van der Waals surface area (Å²) in [4.78, 5) is 39.1. The average molecular weight is 387 g/mol. The van der Waals surface area contributed by atoms with E-state index in [0.717, 1.165) is 42.3 Å². The minimum absolute atomic E-state index is 0.0370. The minimum atomic E-state index is -0.975. The summed E-state index contributed by atoms with van der Waals surface area (Å²) in [6, 6.07) is 7.30. The largest absolute Gasteiger partial charge is 0.374 e. The van der Waals surface area contributed by atoms with E-state index in [4.69, 9.17) is 0 Å². The zero-order valence-corrected chi connectivity index (χ0v) is 16.6. The molecule has 8 nitrogen and oxygen atoms in total. The minimum Gasteiger partial charge on any atom is -0.374 e. The van der Waals surface area contributed by atoms with Gasteiger partial charge in [0, 0.05) is 13.1 Å². The first kappa shape index (κ1) is 20.0. The molecule has 0 unspecified atom stereocenters. The highest BCUT2D eigenvalue weighted by Gasteiger charge is 2.47. The van der Waals surface area contributed by atoms with Crippen molar-refractivity contribution in [1.82, 2.24) is 15.8 Å². The normalized spacial score (nSPS) is 22.6. The summed E-state index contributed by atoms with van der Waals surface area (Å²) in [5, 5.41) is 6.53. The van der Waals surface area contributed by atoms with Gasteiger partial charge in [-0.3, -0.25) is 15.0 Å². The van der Waals surface area contributed by atoms with Crippen molar-refractivity contribution in [3.8, 4) is 0 Å². The van der Waals surface area contributed by atoms with Crippen LogP contribution in [-0.4, -0.2) is 48.0 Å². The Labute approximate surface area is 165 Å². The molecule has 0 aromatic heterocycles. The molecule has 0 bridgehead atoms. The van der Waals surface area contributed by atoms with Gasteiger partial charge in [-0.15, -0.1) is 0 Å². The number of para-hydroxylation sites is 2. The Balaban J connectivity index is 1.61. The molecule has 1 aromatic rings. The standard InChI is InChI=1S/C20H29N5O3/c1-3-20(2)18(27)25(19(28)22-20)23-17(26)14-21-15-10-6-7-11-16(15)24-12-8-4-5-9-13-24/h6-7,10-11,21H,3-5,8-9,12-14H2,1-2H3,(H,22,28)(H,23,26)/t20-/m1/s1. The molecule has 1 atom stereocenters. The predicted molar refractivity (Wildman–Crippen MR) is 108 cm³/mol. The molecule has 2 aliphatic heterocycles. The summed E-state index contributed by atoms with van der Waals surface area (Å²) in [5.74, 6) is -0.896. The van der Waals surface area contributed by atoms with Crippen molar-refractivity contribution in [2.45, 2.75) is 51.5 Å². The first-order chi connectivity index (χ1) is 13.4. The topological polar surface area (TPSA) is 93.8 Å². The van der Waals surface area contributed by atoms with Gasteiger partial charge in [0.25, 0.3) is 11.8 Å². The number of carbonyl (C=O) groups excluding carboxylic acids is 3. The van der Waals surface area contributed by atoms with Gasteiger partial charge in [-0.25, -0.2) is 4.79 Å². The number of nitrogens with one attached hydrogen (secondary N) is 3. The van der Waals surface area contributed by atoms with E-state index in [1.165, 1.54) is 12.8 Å². The van der Waals surface area contributed by atoms with E-state index in [2.05, 4.69) is 27.0 Å². The first-order valence-corrected chi connectivity index (χ1v) is 9.98. The number of hydrogen-bond donors (Lipinski definition) is 3. The van der Waals surface area contributed by atoms with Crippen molar-refractivity contribution in [1.29, 1.82) is 0 Å². The Morgan fingerprint density at radius 2 is 1.82 bits per heavy atom. The van der Waals surface area contributed by atoms with Crippen molar-refractivity contribution >= 4 is 29.2 Å². The highest BCUT2D eigenvalue weighted by molar-refractivity contribution is 6.07. The third-order valence-corrected chi connectivity index (χ3v) is 5.49. The Kier molecular flexibility index (Phi) is 6.06. The summed E-state index contributed by atoms with van der Waals surface area (Å²) in [6.07, 6.45) is 5.27. The van der Waals surface area contributed by atoms with Gasteiger partial charge in [0.05, 0.1) is 17.9 Å². The Bertz CT molecular complexity index is 745. The van der Waals surface area contributed by atoms with Gasteiger partial charge < -0.3 is 15.5 Å². The van der Waals surface area contributed by atoms with Crippen LogP contribution in [0.3, 0.4) is 0 Å². The van der Waals surface area contributed by atoms with Crippen molar-refractivity contribution in [2.75, 3.05) is 29.9 Å². The van der Waals surface area contributed by atoms with Gasteiger partial charge in [-0.05, 0) is 38.3 Å². The number of hydrogen-bond acceptors (Lipinski definition) is 5. The summed E-state index contributed by atoms with van der Waals surface area (Å²) in [6.45, 7) is 5.43. The third-order valence-electron chi connectivity index (χ3n) is 5.49. The van der Waals surface area contributed by atoms with E-state index >= 15 is 0 Å². The van der Waals surface area contributed by atoms with Crippen LogP contribution < -0.4 is 21.0 Å². The molecular formula is C20H29N5O3. The average Bonchev–Trinajstić information content (AvgIpc) is 2.90. The van der Waals surface area contributed by atoms with Gasteiger partial charge in [-0.2, -0.15) is 5.01 Å². The molecule has 1 aromatic carbocycles. The number of rotatable bonds is 6. The van der Waals surface area contributed by atoms with Crippen LogP contribution in [-0.2, 0) is 9.59 Å². The molecule has 4 amide bonds. The smallest absolute Gasteiger partial charge is 0.344 e. The highest BCUT2D eigenvalue weighted by Crippen LogP contribution is 2.27. The van der Waals surface area contributed by atoms with Crippen molar-refractivity contribution in [3.05, 3.63) is 24.3 Å². The molecule has 3 N–H and O–H groups in total. The lowest BCUT2D eigenvalue weighted by molar-refractivity contribution is -0.138. The predicted octanol–water partition coefficient (Wildman–Crippen LogP) is 2.23. The van der Waals surface area contributed by atoms with Gasteiger partial charge in [0.1, 0.15) is 5.54 Å². The van der Waals surface area contributed by atoms with E-state index in [-0.39, 0.29) is 6.54 Å². The van der Waals surface area contributed by atoms with Crippen LogP contribution in [0.15, 0.2) is 24.3 Å². The lowest BCUT2D eigenvalue weighted by Crippen LogP contribution is -2.50. The van der Waals surface area contributed by atoms with Crippen LogP contribution in [0.25, 0.3) is 0 Å². The van der Waals surface area contributed by atoms with Crippen molar-refractivity contribution in [3.63, 3.8) is 0 Å². The number of amides is 4. The van der Waals surface area contributed by atoms with Crippen LogP contribution in [0.5, 0.6) is 0 Å². The SMILES string of the molecule is CC[C@@]1(C)NC(=O)N(NC(=O)CNc2ccccc2N2CCCCCC2)C1=O. The van der Waals surface area contributed by atoms with Crippen LogP contribution in [0, 0.1) is 0 Å². The lowest BCUT2D eigenvalue weighted by Gasteiger charge is -2.26. The third kappa shape index (κ3) is 4.21. The molecule has 3 rings (SSSR count). The van der Waals surface area contributed by atoms with Crippen LogP contribution in [0.2, 0.25) is 0 Å². The molecule has 0 aliphatic carbocycles. The molecule has 2 aliphatic rings. The summed E-state index contributed by atoms with van der Waals surface area (Å²) < 4.78 is 0. The van der Waals surface area contributed by atoms with Gasteiger partial charge >= 0.3 is 6.03 Å². The van der Waals surface area contributed by atoms with E-state index in [1.54, 1.807) is 6.92 Å². The monoisotopic (exact) mass is 387 g/mol. The second-order valence-electron chi connectivity index (χ2n) is 7.56. The van der Waals surface area contributed by atoms with E-state index < -0.39 is 23.4 Å². The number of carbonyl (C=O) groups is 3. The second kappa shape index (κ2) is 8.50.